The topological polar surface area (TPSA) is 26.3 Å². The Balaban J connectivity index is 2.34. The van der Waals surface area contributed by atoms with Crippen molar-refractivity contribution in [1.29, 1.82) is 0 Å². The molecule has 0 aliphatic rings. The summed E-state index contributed by atoms with van der Waals surface area (Å²) in [5, 5.41) is 0. The van der Waals surface area contributed by atoms with Crippen molar-refractivity contribution in [2.75, 3.05) is 6.26 Å². The van der Waals surface area contributed by atoms with Crippen molar-refractivity contribution >= 4 is 10.8 Å². The van der Waals surface area contributed by atoms with Crippen LogP contribution in [0.15, 0.2) is 47.4 Å². The van der Waals surface area contributed by atoms with Crippen LogP contribution in [0.1, 0.15) is 11.1 Å². The molecule has 0 radical (unpaired) electrons. The number of rotatable bonds is 3. The van der Waals surface area contributed by atoms with Crippen LogP contribution in [0.2, 0.25) is 0 Å². The molecule has 0 fully saturated rings. The van der Waals surface area contributed by atoms with Crippen molar-refractivity contribution in [1.82, 2.24) is 0 Å². The SMILES string of the molecule is CS(=O)c1cc(C(F)(F)F)ccc1Oc1ccc(C(F)(F)F)cc1. The molecule has 0 heterocycles. The highest BCUT2D eigenvalue weighted by atomic mass is 32.2. The Morgan fingerprint density at radius 1 is 0.833 bits per heavy atom. The average Bonchev–Trinajstić information content (AvgIpc) is 2.46. The summed E-state index contributed by atoms with van der Waals surface area (Å²) in [4.78, 5) is -0.204. The lowest BCUT2D eigenvalue weighted by atomic mass is 10.2. The van der Waals surface area contributed by atoms with Gasteiger partial charge in [0.2, 0.25) is 0 Å². The van der Waals surface area contributed by atoms with Crippen molar-refractivity contribution in [3.05, 3.63) is 53.6 Å². The summed E-state index contributed by atoms with van der Waals surface area (Å²) in [6, 6.07) is 6.04. The first kappa shape index (κ1) is 18.3. The number of hydrogen-bond donors (Lipinski definition) is 0. The normalized spacial score (nSPS) is 13.6. The van der Waals surface area contributed by atoms with E-state index in [1.54, 1.807) is 0 Å². The zero-order chi connectivity index (χ0) is 18.1. The van der Waals surface area contributed by atoms with Crippen LogP contribution in [-0.2, 0) is 23.2 Å². The van der Waals surface area contributed by atoms with E-state index >= 15 is 0 Å². The second-order valence-corrected chi connectivity index (χ2v) is 6.09. The molecule has 0 bridgehead atoms. The lowest BCUT2D eigenvalue weighted by Gasteiger charge is -2.13. The maximum absolute atomic E-state index is 12.7. The van der Waals surface area contributed by atoms with Gasteiger partial charge in [-0.2, -0.15) is 26.3 Å². The highest BCUT2D eigenvalue weighted by Crippen LogP contribution is 2.36. The van der Waals surface area contributed by atoms with Crippen molar-refractivity contribution in [2.24, 2.45) is 0 Å². The van der Waals surface area contributed by atoms with Crippen LogP contribution in [0.3, 0.4) is 0 Å². The van der Waals surface area contributed by atoms with E-state index in [-0.39, 0.29) is 16.4 Å². The van der Waals surface area contributed by atoms with Gasteiger partial charge in [0, 0.05) is 6.26 Å². The van der Waals surface area contributed by atoms with Gasteiger partial charge in [0.1, 0.15) is 11.5 Å². The number of benzene rings is 2. The third kappa shape index (κ3) is 4.28. The molecular weight excluding hydrogens is 358 g/mol. The monoisotopic (exact) mass is 368 g/mol. The maximum Gasteiger partial charge on any atom is 0.416 e. The van der Waals surface area contributed by atoms with Gasteiger partial charge >= 0.3 is 12.4 Å². The number of alkyl halides is 6. The van der Waals surface area contributed by atoms with Gasteiger partial charge in [-0.15, -0.1) is 0 Å². The molecule has 0 aliphatic heterocycles. The third-order valence-corrected chi connectivity index (χ3v) is 3.93. The molecular formula is C15H10F6O2S. The Kier molecular flexibility index (Phi) is 4.93. The summed E-state index contributed by atoms with van der Waals surface area (Å²) in [5.74, 6) is -0.141. The Labute approximate surface area is 135 Å². The van der Waals surface area contributed by atoms with E-state index in [2.05, 4.69) is 0 Å². The Bertz CT molecular complexity index is 750. The maximum atomic E-state index is 12.7. The van der Waals surface area contributed by atoms with Gasteiger partial charge in [0.25, 0.3) is 0 Å². The standard InChI is InChI=1S/C15H10F6O2S/c1-24(22)13-8-10(15(19,20)21)4-7-12(13)23-11-5-2-9(3-6-11)14(16,17)18/h2-8H,1H3. The van der Waals surface area contributed by atoms with E-state index in [0.717, 1.165) is 36.4 Å². The van der Waals surface area contributed by atoms with E-state index in [1.165, 1.54) is 6.26 Å². The van der Waals surface area contributed by atoms with E-state index in [0.29, 0.717) is 6.07 Å². The van der Waals surface area contributed by atoms with Crippen LogP contribution in [-0.4, -0.2) is 10.5 Å². The van der Waals surface area contributed by atoms with Crippen molar-refractivity contribution in [3.63, 3.8) is 0 Å². The van der Waals surface area contributed by atoms with Crippen molar-refractivity contribution < 1.29 is 35.3 Å². The Morgan fingerprint density at radius 2 is 1.33 bits per heavy atom. The first-order valence-corrected chi connectivity index (χ1v) is 7.94. The quantitative estimate of drug-likeness (QED) is 0.692. The van der Waals surface area contributed by atoms with E-state index < -0.39 is 34.3 Å². The predicted molar refractivity (Wildman–Crippen MR) is 75.3 cm³/mol. The molecule has 2 nitrogen and oxygen atoms in total. The summed E-state index contributed by atoms with van der Waals surface area (Å²) in [5.41, 5.74) is -1.88. The van der Waals surface area contributed by atoms with E-state index in [1.807, 2.05) is 0 Å². The van der Waals surface area contributed by atoms with Crippen molar-refractivity contribution in [3.8, 4) is 11.5 Å². The summed E-state index contributed by atoms with van der Waals surface area (Å²) < 4.78 is 92.5. The van der Waals surface area contributed by atoms with Crippen molar-refractivity contribution in [2.45, 2.75) is 17.2 Å². The van der Waals surface area contributed by atoms with Gasteiger partial charge < -0.3 is 4.74 Å². The summed E-state index contributed by atoms with van der Waals surface area (Å²) in [6.07, 6.45) is -7.95. The number of hydrogen-bond acceptors (Lipinski definition) is 2. The minimum Gasteiger partial charge on any atom is -0.456 e. The minimum absolute atomic E-state index is 0.0190. The Hall–Kier alpha value is -2.03. The molecule has 1 atom stereocenters. The molecule has 130 valence electrons. The molecule has 0 aliphatic carbocycles. The van der Waals surface area contributed by atoms with Gasteiger partial charge in [0.05, 0.1) is 26.8 Å². The molecule has 0 saturated heterocycles. The largest absolute Gasteiger partial charge is 0.456 e. The van der Waals surface area contributed by atoms with Gasteiger partial charge in [0.15, 0.2) is 0 Å². The van der Waals surface area contributed by atoms with E-state index in [4.69, 9.17) is 4.74 Å². The zero-order valence-corrected chi connectivity index (χ0v) is 12.9. The second kappa shape index (κ2) is 6.46. The fourth-order valence-corrected chi connectivity index (χ4v) is 2.52. The number of halogens is 6. The molecule has 0 N–H and O–H groups in total. The molecule has 0 amide bonds. The number of ether oxygens (including phenoxy) is 1. The first-order valence-electron chi connectivity index (χ1n) is 6.38. The second-order valence-electron chi connectivity index (χ2n) is 4.74. The molecule has 2 rings (SSSR count). The fourth-order valence-electron chi connectivity index (χ4n) is 1.83. The molecule has 0 aromatic heterocycles. The zero-order valence-electron chi connectivity index (χ0n) is 12.0. The molecule has 2 aromatic rings. The van der Waals surface area contributed by atoms with Crippen LogP contribution >= 0.6 is 0 Å². The smallest absolute Gasteiger partial charge is 0.416 e. The first-order chi connectivity index (χ1) is 11.0. The molecule has 1 unspecified atom stereocenters. The average molecular weight is 368 g/mol. The van der Waals surface area contributed by atoms with Crippen LogP contribution < -0.4 is 4.74 Å². The van der Waals surface area contributed by atoms with Crippen LogP contribution in [0.4, 0.5) is 26.3 Å². The van der Waals surface area contributed by atoms with Gasteiger partial charge in [-0.25, -0.2) is 0 Å². The molecule has 0 spiro atoms. The van der Waals surface area contributed by atoms with Gasteiger partial charge in [-0.1, -0.05) is 0 Å². The lowest BCUT2D eigenvalue weighted by Crippen LogP contribution is -2.06. The van der Waals surface area contributed by atoms with Crippen LogP contribution in [0, 0.1) is 0 Å². The highest BCUT2D eigenvalue weighted by Gasteiger charge is 2.32. The summed E-state index contributed by atoms with van der Waals surface area (Å²) in [7, 11) is -1.78. The highest BCUT2D eigenvalue weighted by molar-refractivity contribution is 7.84. The summed E-state index contributed by atoms with van der Waals surface area (Å²) in [6.45, 7) is 0. The van der Waals surface area contributed by atoms with Crippen LogP contribution in [0.25, 0.3) is 0 Å². The molecule has 0 saturated carbocycles. The predicted octanol–water partition coefficient (Wildman–Crippen LogP) is 5.25. The van der Waals surface area contributed by atoms with Gasteiger partial charge in [-0.3, -0.25) is 4.21 Å². The third-order valence-electron chi connectivity index (χ3n) is 2.99. The van der Waals surface area contributed by atoms with Gasteiger partial charge in [-0.05, 0) is 42.5 Å². The fraction of sp³-hybridized carbons (Fsp3) is 0.200. The molecule has 24 heavy (non-hydrogen) atoms. The Morgan fingerprint density at radius 3 is 1.79 bits per heavy atom. The lowest BCUT2D eigenvalue weighted by molar-refractivity contribution is -0.138. The van der Waals surface area contributed by atoms with Crippen LogP contribution in [0.5, 0.6) is 11.5 Å². The van der Waals surface area contributed by atoms with E-state index in [9.17, 15) is 30.6 Å². The summed E-state index contributed by atoms with van der Waals surface area (Å²) >= 11 is 0. The molecule has 2 aromatic carbocycles. The minimum atomic E-state index is -4.61. The molecule has 9 heteroatoms.